The number of hydrogen-bond acceptors (Lipinski definition) is 2. The first-order valence-electron chi connectivity index (χ1n) is 7.21. The van der Waals surface area contributed by atoms with E-state index >= 15 is 0 Å². The molecule has 0 saturated heterocycles. The van der Waals surface area contributed by atoms with Gasteiger partial charge in [-0.2, -0.15) is 0 Å². The van der Waals surface area contributed by atoms with Crippen LogP contribution in [0.15, 0.2) is 28.7 Å². The third-order valence-electron chi connectivity index (χ3n) is 4.26. The summed E-state index contributed by atoms with van der Waals surface area (Å²) in [6.45, 7) is 1.91. The summed E-state index contributed by atoms with van der Waals surface area (Å²) in [5.74, 6) is -1.03. The van der Waals surface area contributed by atoms with Crippen LogP contribution in [0.2, 0.25) is 0 Å². The Labute approximate surface area is 133 Å². The summed E-state index contributed by atoms with van der Waals surface area (Å²) < 4.78 is 0.987. The highest BCUT2D eigenvalue weighted by atomic mass is 79.9. The molecule has 0 heterocycles. The molecule has 1 aliphatic rings. The molecule has 2 rings (SSSR count). The van der Waals surface area contributed by atoms with Crippen LogP contribution in [-0.4, -0.2) is 17.0 Å². The summed E-state index contributed by atoms with van der Waals surface area (Å²) in [7, 11) is 0. The van der Waals surface area contributed by atoms with Gasteiger partial charge in [-0.15, -0.1) is 0 Å². The number of carboxylic acids is 1. The van der Waals surface area contributed by atoms with Gasteiger partial charge in [-0.25, -0.2) is 0 Å². The minimum Gasteiger partial charge on any atom is -0.481 e. The molecule has 1 fully saturated rings. The van der Waals surface area contributed by atoms with E-state index in [0.29, 0.717) is 12.8 Å². The number of amides is 1. The molecule has 0 aliphatic heterocycles. The molecule has 21 heavy (non-hydrogen) atoms. The van der Waals surface area contributed by atoms with Crippen molar-refractivity contribution < 1.29 is 14.7 Å². The van der Waals surface area contributed by atoms with Gasteiger partial charge in [0.05, 0.1) is 11.5 Å². The van der Waals surface area contributed by atoms with Crippen molar-refractivity contribution in [3.63, 3.8) is 0 Å². The molecule has 0 spiro atoms. The van der Waals surface area contributed by atoms with Gasteiger partial charge in [0.2, 0.25) is 5.91 Å². The van der Waals surface area contributed by atoms with Crippen molar-refractivity contribution in [2.75, 3.05) is 0 Å². The quantitative estimate of drug-likeness (QED) is 0.848. The highest BCUT2D eigenvalue weighted by Crippen LogP contribution is 2.41. The van der Waals surface area contributed by atoms with E-state index < -0.39 is 11.4 Å². The highest BCUT2D eigenvalue weighted by Gasteiger charge is 2.43. The average molecular weight is 354 g/mol. The molecule has 1 unspecified atom stereocenters. The largest absolute Gasteiger partial charge is 0.481 e. The molecule has 1 atom stereocenters. The summed E-state index contributed by atoms with van der Waals surface area (Å²) in [4.78, 5) is 23.6. The van der Waals surface area contributed by atoms with E-state index in [1.54, 1.807) is 0 Å². The van der Waals surface area contributed by atoms with Gasteiger partial charge in [0.15, 0.2) is 0 Å². The lowest BCUT2D eigenvalue weighted by Crippen LogP contribution is -2.36. The van der Waals surface area contributed by atoms with Crippen LogP contribution >= 0.6 is 15.9 Å². The van der Waals surface area contributed by atoms with Crippen molar-refractivity contribution in [3.05, 3.63) is 34.3 Å². The molecule has 1 amide bonds. The number of rotatable bonds is 5. The summed E-state index contributed by atoms with van der Waals surface area (Å²) in [6, 6.07) is 7.61. The Morgan fingerprint density at radius 3 is 2.38 bits per heavy atom. The number of hydrogen-bond donors (Lipinski definition) is 2. The standard InChI is InChI=1S/C16H20BrNO3/c1-11(12-4-6-13(17)7-5-12)18-14(19)10-16(15(20)21)8-2-3-9-16/h4-7,11H,2-3,8-10H2,1H3,(H,18,19)(H,20,21). The number of carbonyl (C=O) groups excluding carboxylic acids is 1. The van der Waals surface area contributed by atoms with Crippen LogP contribution in [0, 0.1) is 5.41 Å². The molecule has 1 aliphatic carbocycles. The van der Waals surface area contributed by atoms with Gasteiger partial charge in [-0.1, -0.05) is 40.9 Å². The normalized spacial score (nSPS) is 18.2. The zero-order chi connectivity index (χ0) is 15.5. The first kappa shape index (κ1) is 16.0. The maximum absolute atomic E-state index is 12.2. The van der Waals surface area contributed by atoms with Crippen molar-refractivity contribution in [1.82, 2.24) is 5.32 Å². The van der Waals surface area contributed by atoms with Crippen LogP contribution in [0.5, 0.6) is 0 Å². The van der Waals surface area contributed by atoms with E-state index in [1.807, 2.05) is 31.2 Å². The highest BCUT2D eigenvalue weighted by molar-refractivity contribution is 9.10. The average Bonchev–Trinajstić information content (AvgIpc) is 2.89. The van der Waals surface area contributed by atoms with Crippen molar-refractivity contribution in [3.8, 4) is 0 Å². The molecule has 0 aromatic heterocycles. The minimum atomic E-state index is -0.858. The molecular formula is C16H20BrNO3. The monoisotopic (exact) mass is 353 g/mol. The fraction of sp³-hybridized carbons (Fsp3) is 0.500. The van der Waals surface area contributed by atoms with Gasteiger partial charge in [0.25, 0.3) is 0 Å². The first-order valence-corrected chi connectivity index (χ1v) is 8.00. The number of aliphatic carboxylic acids is 1. The number of benzene rings is 1. The molecular weight excluding hydrogens is 334 g/mol. The molecule has 1 aromatic rings. The Balaban J connectivity index is 1.97. The van der Waals surface area contributed by atoms with Gasteiger partial charge < -0.3 is 10.4 Å². The molecule has 5 heteroatoms. The minimum absolute atomic E-state index is 0.0726. The van der Waals surface area contributed by atoms with Crippen LogP contribution in [0.1, 0.15) is 50.6 Å². The maximum Gasteiger partial charge on any atom is 0.310 e. The Bertz CT molecular complexity index is 521. The van der Waals surface area contributed by atoms with Crippen LogP contribution in [0.25, 0.3) is 0 Å². The predicted octanol–water partition coefficient (Wildman–Crippen LogP) is 3.66. The zero-order valence-electron chi connectivity index (χ0n) is 12.1. The third-order valence-corrected chi connectivity index (χ3v) is 4.79. The summed E-state index contributed by atoms with van der Waals surface area (Å²) in [5, 5.41) is 12.3. The van der Waals surface area contributed by atoms with Gasteiger partial charge in [-0.05, 0) is 37.5 Å². The number of carbonyl (C=O) groups is 2. The lowest BCUT2D eigenvalue weighted by Gasteiger charge is -2.24. The summed E-state index contributed by atoms with van der Waals surface area (Å²) >= 11 is 3.37. The number of carboxylic acid groups (broad SMARTS) is 1. The Morgan fingerprint density at radius 2 is 1.86 bits per heavy atom. The second-order valence-corrected chi connectivity index (χ2v) is 6.73. The van der Waals surface area contributed by atoms with E-state index in [0.717, 1.165) is 22.9 Å². The topological polar surface area (TPSA) is 66.4 Å². The predicted molar refractivity (Wildman–Crippen MR) is 83.9 cm³/mol. The summed E-state index contributed by atoms with van der Waals surface area (Å²) in [5.41, 5.74) is 0.145. The summed E-state index contributed by atoms with van der Waals surface area (Å²) in [6.07, 6.45) is 3.05. The zero-order valence-corrected chi connectivity index (χ0v) is 13.6. The molecule has 114 valence electrons. The van der Waals surface area contributed by atoms with E-state index in [-0.39, 0.29) is 18.4 Å². The Morgan fingerprint density at radius 1 is 1.29 bits per heavy atom. The molecule has 0 radical (unpaired) electrons. The molecule has 1 saturated carbocycles. The molecule has 2 N–H and O–H groups in total. The second kappa shape index (κ2) is 6.60. The van der Waals surface area contributed by atoms with Crippen LogP contribution < -0.4 is 5.32 Å². The second-order valence-electron chi connectivity index (χ2n) is 5.81. The Kier molecular flexibility index (Phi) is 5.04. The Hall–Kier alpha value is -1.36. The molecule has 4 nitrogen and oxygen atoms in total. The van der Waals surface area contributed by atoms with Gasteiger partial charge in [-0.3, -0.25) is 9.59 Å². The number of nitrogens with one attached hydrogen (secondary N) is 1. The SMILES string of the molecule is CC(NC(=O)CC1(C(=O)O)CCCC1)c1ccc(Br)cc1. The fourth-order valence-electron chi connectivity index (χ4n) is 2.95. The molecule has 0 bridgehead atoms. The van der Waals surface area contributed by atoms with Gasteiger partial charge in [0, 0.05) is 10.9 Å². The van der Waals surface area contributed by atoms with Crippen molar-refractivity contribution in [2.45, 2.75) is 45.1 Å². The van der Waals surface area contributed by atoms with Crippen LogP contribution in [0.3, 0.4) is 0 Å². The van der Waals surface area contributed by atoms with Crippen molar-refractivity contribution in [1.29, 1.82) is 0 Å². The van der Waals surface area contributed by atoms with E-state index in [2.05, 4.69) is 21.2 Å². The van der Waals surface area contributed by atoms with E-state index in [4.69, 9.17) is 0 Å². The number of halogens is 1. The lowest BCUT2D eigenvalue weighted by atomic mass is 9.82. The smallest absolute Gasteiger partial charge is 0.310 e. The van der Waals surface area contributed by atoms with Gasteiger partial charge in [0.1, 0.15) is 0 Å². The van der Waals surface area contributed by atoms with E-state index in [1.165, 1.54) is 0 Å². The van der Waals surface area contributed by atoms with Crippen LogP contribution in [-0.2, 0) is 9.59 Å². The van der Waals surface area contributed by atoms with Crippen molar-refractivity contribution in [2.24, 2.45) is 5.41 Å². The third kappa shape index (κ3) is 3.84. The van der Waals surface area contributed by atoms with Crippen molar-refractivity contribution >= 4 is 27.8 Å². The molecule has 1 aromatic carbocycles. The fourth-order valence-corrected chi connectivity index (χ4v) is 3.22. The first-order chi connectivity index (χ1) is 9.93. The van der Waals surface area contributed by atoms with Crippen LogP contribution in [0.4, 0.5) is 0 Å². The lowest BCUT2D eigenvalue weighted by molar-refractivity contribution is -0.151. The van der Waals surface area contributed by atoms with E-state index in [9.17, 15) is 14.7 Å². The van der Waals surface area contributed by atoms with Gasteiger partial charge >= 0.3 is 5.97 Å². The maximum atomic E-state index is 12.2.